The Morgan fingerprint density at radius 2 is 1.92 bits per heavy atom. The van der Waals surface area contributed by atoms with Crippen LogP contribution in [-0.2, 0) is 6.42 Å². The first-order chi connectivity index (χ1) is 12.7. The van der Waals surface area contributed by atoms with Crippen molar-refractivity contribution in [1.82, 2.24) is 19.7 Å². The predicted octanol–water partition coefficient (Wildman–Crippen LogP) is 2.72. The number of hydrogen-bond acceptors (Lipinski definition) is 4. The van der Waals surface area contributed by atoms with E-state index in [0.29, 0.717) is 5.92 Å². The van der Waals surface area contributed by atoms with Gasteiger partial charge in [0.05, 0.1) is 0 Å². The van der Waals surface area contributed by atoms with Gasteiger partial charge in [-0.3, -0.25) is 4.79 Å². The molecule has 26 heavy (non-hydrogen) atoms. The van der Waals surface area contributed by atoms with Crippen LogP contribution in [0.5, 0.6) is 0 Å². The van der Waals surface area contributed by atoms with E-state index < -0.39 is 0 Å². The zero-order chi connectivity index (χ0) is 17.9. The van der Waals surface area contributed by atoms with Gasteiger partial charge >= 0.3 is 5.69 Å². The quantitative estimate of drug-likeness (QED) is 0.770. The van der Waals surface area contributed by atoms with Crippen molar-refractivity contribution in [3.05, 3.63) is 69.7 Å². The summed E-state index contributed by atoms with van der Waals surface area (Å²) in [5.41, 5.74) is 0.545. The van der Waals surface area contributed by atoms with Crippen molar-refractivity contribution in [2.75, 3.05) is 13.1 Å². The highest BCUT2D eigenvalue weighted by molar-refractivity contribution is 7.12. The molecule has 134 valence electrons. The number of benzene rings is 1. The molecule has 6 nitrogen and oxygen atoms in total. The number of carbonyl (C=O) groups excluding carboxylic acids is 1. The third kappa shape index (κ3) is 3.35. The van der Waals surface area contributed by atoms with Gasteiger partial charge in [0.15, 0.2) is 0 Å². The van der Waals surface area contributed by atoms with Gasteiger partial charge in [0.1, 0.15) is 10.8 Å². The first kappa shape index (κ1) is 16.8. The van der Waals surface area contributed by atoms with E-state index >= 15 is 0 Å². The fourth-order valence-corrected chi connectivity index (χ4v) is 4.20. The van der Waals surface area contributed by atoms with E-state index in [1.807, 2.05) is 52.7 Å². The SMILES string of the molecule is O=C(c1ccccc1)N1CCC(Cc2n[nH]c(=O)n2-c2cccs2)CC1. The van der Waals surface area contributed by atoms with Gasteiger partial charge in [0.25, 0.3) is 5.91 Å². The van der Waals surface area contributed by atoms with Crippen LogP contribution in [-0.4, -0.2) is 38.7 Å². The smallest absolute Gasteiger partial charge is 0.339 e. The van der Waals surface area contributed by atoms with E-state index in [1.165, 1.54) is 11.3 Å². The van der Waals surface area contributed by atoms with Crippen LogP contribution in [0, 0.1) is 5.92 Å². The molecule has 1 amide bonds. The minimum absolute atomic E-state index is 0.0966. The van der Waals surface area contributed by atoms with E-state index in [-0.39, 0.29) is 11.6 Å². The molecule has 1 aliphatic rings. The molecule has 7 heteroatoms. The number of thiophene rings is 1. The molecule has 0 radical (unpaired) electrons. The lowest BCUT2D eigenvalue weighted by atomic mass is 9.93. The highest BCUT2D eigenvalue weighted by Gasteiger charge is 2.25. The summed E-state index contributed by atoms with van der Waals surface area (Å²) >= 11 is 1.52. The Bertz CT molecular complexity index is 922. The van der Waals surface area contributed by atoms with Crippen LogP contribution in [0.4, 0.5) is 0 Å². The summed E-state index contributed by atoms with van der Waals surface area (Å²) in [6.07, 6.45) is 2.58. The molecule has 3 heterocycles. The van der Waals surface area contributed by atoms with Gasteiger partial charge in [-0.15, -0.1) is 11.3 Å². The van der Waals surface area contributed by atoms with Crippen LogP contribution in [0.3, 0.4) is 0 Å². The summed E-state index contributed by atoms with van der Waals surface area (Å²) in [6, 6.07) is 13.3. The van der Waals surface area contributed by atoms with Gasteiger partial charge < -0.3 is 4.90 Å². The molecule has 1 N–H and O–H groups in total. The average molecular weight is 368 g/mol. The Kier molecular flexibility index (Phi) is 4.71. The molecule has 0 bridgehead atoms. The lowest BCUT2D eigenvalue weighted by Crippen LogP contribution is -2.39. The maximum absolute atomic E-state index is 12.5. The Morgan fingerprint density at radius 3 is 2.62 bits per heavy atom. The molecule has 0 atom stereocenters. The molecule has 1 aromatic carbocycles. The number of piperidine rings is 1. The molecule has 1 fully saturated rings. The number of aromatic amines is 1. The number of amides is 1. The van der Waals surface area contributed by atoms with Crippen LogP contribution in [0.2, 0.25) is 0 Å². The minimum atomic E-state index is -0.195. The lowest BCUT2D eigenvalue weighted by molar-refractivity contribution is 0.0689. The fourth-order valence-electron chi connectivity index (χ4n) is 3.45. The van der Waals surface area contributed by atoms with Gasteiger partial charge in [-0.1, -0.05) is 18.2 Å². The van der Waals surface area contributed by atoms with E-state index in [2.05, 4.69) is 10.2 Å². The Labute approximate surface area is 155 Å². The van der Waals surface area contributed by atoms with Crippen LogP contribution in [0.15, 0.2) is 52.6 Å². The van der Waals surface area contributed by atoms with Crippen molar-refractivity contribution < 1.29 is 4.79 Å². The molecular weight excluding hydrogens is 348 g/mol. The number of nitrogens with one attached hydrogen (secondary N) is 1. The average Bonchev–Trinajstić information content (AvgIpc) is 3.32. The number of nitrogens with zero attached hydrogens (tertiary/aromatic N) is 3. The first-order valence-corrected chi connectivity index (χ1v) is 9.65. The van der Waals surface area contributed by atoms with Gasteiger partial charge in [0, 0.05) is 25.1 Å². The van der Waals surface area contributed by atoms with E-state index in [1.54, 1.807) is 4.57 Å². The summed E-state index contributed by atoms with van der Waals surface area (Å²) in [7, 11) is 0. The van der Waals surface area contributed by atoms with Crippen LogP contribution in [0.1, 0.15) is 29.0 Å². The van der Waals surface area contributed by atoms with Gasteiger partial charge in [-0.05, 0) is 48.4 Å². The lowest BCUT2D eigenvalue weighted by Gasteiger charge is -2.32. The van der Waals surface area contributed by atoms with E-state index in [9.17, 15) is 9.59 Å². The third-order valence-corrected chi connectivity index (χ3v) is 5.72. The molecule has 2 aromatic heterocycles. The second kappa shape index (κ2) is 7.29. The number of hydrogen-bond donors (Lipinski definition) is 1. The number of H-pyrrole nitrogens is 1. The van der Waals surface area contributed by atoms with Crippen LogP contribution in [0.25, 0.3) is 5.00 Å². The zero-order valence-corrected chi connectivity index (χ0v) is 15.1. The highest BCUT2D eigenvalue weighted by atomic mass is 32.1. The first-order valence-electron chi connectivity index (χ1n) is 8.77. The molecule has 1 saturated heterocycles. The molecule has 1 aliphatic heterocycles. The molecule has 3 aromatic rings. The second-order valence-corrected chi connectivity index (χ2v) is 7.46. The Morgan fingerprint density at radius 1 is 1.15 bits per heavy atom. The van der Waals surface area contributed by atoms with Crippen molar-refractivity contribution in [1.29, 1.82) is 0 Å². The normalized spacial score (nSPS) is 15.3. The number of carbonyl (C=O) groups is 1. The van der Waals surface area contributed by atoms with Crippen molar-refractivity contribution >= 4 is 17.2 Å². The largest absolute Gasteiger partial charge is 0.348 e. The monoisotopic (exact) mass is 368 g/mol. The van der Waals surface area contributed by atoms with Crippen molar-refractivity contribution in [2.24, 2.45) is 5.92 Å². The van der Waals surface area contributed by atoms with Crippen LogP contribution < -0.4 is 5.69 Å². The summed E-state index contributed by atoms with van der Waals surface area (Å²) < 4.78 is 1.66. The maximum Gasteiger partial charge on any atom is 0.348 e. The van der Waals surface area contributed by atoms with Gasteiger partial charge in [-0.2, -0.15) is 5.10 Å². The third-order valence-electron chi connectivity index (χ3n) is 4.86. The van der Waals surface area contributed by atoms with Gasteiger partial charge in [0.2, 0.25) is 0 Å². The molecule has 0 unspecified atom stereocenters. The van der Waals surface area contributed by atoms with E-state index in [0.717, 1.165) is 48.7 Å². The summed E-state index contributed by atoms with van der Waals surface area (Å²) in [5, 5.41) is 9.62. The van der Waals surface area contributed by atoms with Crippen LogP contribution >= 0.6 is 11.3 Å². The standard InChI is InChI=1S/C19H20N4O2S/c24-18(15-5-2-1-3-6-15)22-10-8-14(9-11-22)13-16-20-21-19(25)23(16)17-7-4-12-26-17/h1-7,12,14H,8-11,13H2,(H,21,25). The predicted molar refractivity (Wildman–Crippen MR) is 101 cm³/mol. The number of rotatable bonds is 4. The number of aromatic nitrogens is 3. The number of likely N-dealkylation sites (tertiary alicyclic amines) is 1. The Balaban J connectivity index is 1.41. The molecule has 0 aliphatic carbocycles. The molecule has 0 spiro atoms. The van der Waals surface area contributed by atoms with Crippen molar-refractivity contribution in [3.63, 3.8) is 0 Å². The summed E-state index contributed by atoms with van der Waals surface area (Å²) in [6.45, 7) is 1.48. The van der Waals surface area contributed by atoms with Crippen molar-refractivity contribution in [2.45, 2.75) is 19.3 Å². The second-order valence-electron chi connectivity index (χ2n) is 6.54. The molecule has 0 saturated carbocycles. The molecular formula is C19H20N4O2S. The highest BCUT2D eigenvalue weighted by Crippen LogP contribution is 2.23. The van der Waals surface area contributed by atoms with Gasteiger partial charge in [-0.25, -0.2) is 14.5 Å². The zero-order valence-electron chi connectivity index (χ0n) is 14.3. The summed E-state index contributed by atoms with van der Waals surface area (Å²) in [4.78, 5) is 26.5. The maximum atomic E-state index is 12.5. The topological polar surface area (TPSA) is 71.0 Å². The van der Waals surface area contributed by atoms with E-state index in [4.69, 9.17) is 0 Å². The minimum Gasteiger partial charge on any atom is -0.339 e. The van der Waals surface area contributed by atoms with Crippen molar-refractivity contribution in [3.8, 4) is 5.00 Å². The Hall–Kier alpha value is -2.67. The summed E-state index contributed by atoms with van der Waals surface area (Å²) in [5.74, 6) is 1.29. The molecule has 4 rings (SSSR count). The fraction of sp³-hybridized carbons (Fsp3) is 0.316.